The van der Waals surface area contributed by atoms with Gasteiger partial charge in [0.05, 0.1) is 35.6 Å². The van der Waals surface area contributed by atoms with Crippen LogP contribution in [0.2, 0.25) is 54.4 Å². The summed E-state index contributed by atoms with van der Waals surface area (Å²) in [5, 5.41) is 2.74. The minimum atomic E-state index is -2.96. The molecule has 2 heterocycles. The molecule has 82 heavy (non-hydrogen) atoms. The summed E-state index contributed by atoms with van der Waals surface area (Å²) in [6, 6.07) is 20.6. The number of Topliss-reactive ketones (excluding diaryl/α,β-unsaturated/α-hetero) is 1. The molecule has 2 saturated carbocycles. The summed E-state index contributed by atoms with van der Waals surface area (Å²) in [7, 11) is -8.52. The average molecular weight is 1190 g/mol. The van der Waals surface area contributed by atoms with Crippen LogP contribution in [0.25, 0.3) is 0 Å². The molecule has 1 unspecified atom stereocenters. The van der Waals surface area contributed by atoms with Gasteiger partial charge < -0.3 is 47.0 Å². The second-order valence-electron chi connectivity index (χ2n) is 26.0. The molecule has 1 N–H and O–H groups in total. The Morgan fingerprint density at radius 1 is 0.793 bits per heavy atom. The fourth-order valence-corrected chi connectivity index (χ4v) is 20.9. The molecule has 7 rings (SSSR count). The smallest absolute Gasteiger partial charge is 0.454 e. The van der Waals surface area contributed by atoms with Crippen molar-refractivity contribution < 1.29 is 70.5 Å². The molecule has 3 aliphatic carbocycles. The molecule has 454 valence electrons. The molecular weight excluding hydrogens is 1090 g/mol. The zero-order chi connectivity index (χ0) is 60.6. The highest BCUT2D eigenvalue weighted by atomic mass is 28.4. The molecule has 5 aliphatic rings. The quantitative estimate of drug-likeness (QED) is 0.0342. The SMILES string of the molecule is CCCCCC(=O)N[C@@H](c1ccccc1)[C@@H](O[Si](C)(C)C(C)(C)C)C(=O)O[C@@H]1C(C)=C2[C@@H](O[Si](CC)(CC)CC)C(=O)[C@@]3(C)C([C@H](OC(=O)c4ccccc4)[C@@]4(OC(=O)O[C@@H]14)C2(C)C)[C@]1(OC(C)=O)CO[C@@H]1C[C@@H]3O[Si](CC)(CC)CC. The fraction of sp³-hybridized carbons (Fsp3) is 0.683. The lowest BCUT2D eigenvalue weighted by Gasteiger charge is -2.68. The molecule has 16 nitrogen and oxygen atoms in total. The van der Waals surface area contributed by atoms with Crippen LogP contribution < -0.4 is 5.32 Å². The lowest BCUT2D eigenvalue weighted by atomic mass is 9.44. The second-order valence-corrected chi connectivity index (χ2v) is 40.2. The molecule has 1 amide bonds. The van der Waals surface area contributed by atoms with E-state index in [1.807, 2.05) is 64.2 Å². The molecular formula is C63H95NO15Si3. The van der Waals surface area contributed by atoms with Crippen LogP contribution >= 0.6 is 0 Å². The lowest BCUT2D eigenvalue weighted by molar-refractivity contribution is -0.344. The van der Waals surface area contributed by atoms with Crippen molar-refractivity contribution in [1.29, 1.82) is 0 Å². The van der Waals surface area contributed by atoms with E-state index in [0.29, 0.717) is 41.3 Å². The maximum atomic E-state index is 17.4. The fourth-order valence-electron chi connectivity index (χ4n) is 14.0. The van der Waals surface area contributed by atoms with Gasteiger partial charge in [0.25, 0.3) is 0 Å². The van der Waals surface area contributed by atoms with Crippen molar-refractivity contribution in [3.8, 4) is 0 Å². The molecule has 0 radical (unpaired) electrons. The van der Waals surface area contributed by atoms with Crippen LogP contribution in [0.15, 0.2) is 71.8 Å². The predicted octanol–water partition coefficient (Wildman–Crippen LogP) is 12.7. The van der Waals surface area contributed by atoms with Crippen molar-refractivity contribution in [3.05, 3.63) is 82.9 Å². The third kappa shape index (κ3) is 11.4. The Labute approximate surface area is 490 Å². The van der Waals surface area contributed by atoms with Crippen LogP contribution in [0.4, 0.5) is 4.79 Å². The normalized spacial score (nSPS) is 29.5. The topological polar surface area (TPSA) is 198 Å². The zero-order valence-electron chi connectivity index (χ0n) is 52.1. The number of ether oxygens (including phenoxy) is 6. The minimum absolute atomic E-state index is 0.145. The van der Waals surface area contributed by atoms with Gasteiger partial charge in [0.1, 0.15) is 12.2 Å². The molecule has 2 aliphatic heterocycles. The second kappa shape index (κ2) is 24.8. The van der Waals surface area contributed by atoms with E-state index in [-0.39, 0.29) is 30.9 Å². The van der Waals surface area contributed by atoms with Crippen molar-refractivity contribution in [2.24, 2.45) is 16.7 Å². The van der Waals surface area contributed by atoms with Gasteiger partial charge in [0, 0.05) is 25.2 Å². The number of unbranched alkanes of at least 4 members (excludes halogenated alkanes) is 2. The summed E-state index contributed by atoms with van der Waals surface area (Å²) in [6.45, 7) is 33.2. The van der Waals surface area contributed by atoms with E-state index in [1.165, 1.54) is 6.92 Å². The molecule has 2 saturated heterocycles. The molecule has 1 spiro atoms. The summed E-state index contributed by atoms with van der Waals surface area (Å²) in [5.74, 6) is -4.42. The van der Waals surface area contributed by atoms with Gasteiger partial charge in [-0.15, -0.1) is 0 Å². The van der Waals surface area contributed by atoms with E-state index in [0.717, 1.165) is 31.0 Å². The van der Waals surface area contributed by atoms with Crippen molar-refractivity contribution in [3.63, 3.8) is 0 Å². The maximum absolute atomic E-state index is 17.4. The third-order valence-corrected chi connectivity index (χ3v) is 34.2. The highest BCUT2D eigenvalue weighted by Crippen LogP contribution is 2.68. The summed E-state index contributed by atoms with van der Waals surface area (Å²) in [5.41, 5.74) is -5.69. The Morgan fingerprint density at radius 3 is 1.89 bits per heavy atom. The summed E-state index contributed by atoms with van der Waals surface area (Å²) >= 11 is 0. The molecule has 12 atom stereocenters. The number of amides is 1. The van der Waals surface area contributed by atoms with Gasteiger partial charge in [-0.05, 0) is 104 Å². The van der Waals surface area contributed by atoms with Crippen LogP contribution in [-0.4, -0.2) is 121 Å². The first-order valence-corrected chi connectivity index (χ1v) is 38.3. The Bertz CT molecular complexity index is 2670. The standard InChI is InChI=1S/C63H95NO15Si3/c1-18-25-28-37-46(66)64-48(42-33-29-26-30-34-42)51(78-80(16,17)59(10,11)12)57(69)72-49-40(8)47-50(79-82(22-5,23-6)24-7)53(67)61(15)44(77-81(19-2,20-3)21-4)38-45-62(39-71-45,75-41(9)65)52(61)55(73-56(68)43-35-31-27-32-36-43)63(60(47,13)14)54(49)74-58(70)76-63/h26-27,29-36,44-45,48-52,54-55H,18-25,28,37-39H2,1-17H3,(H,64,66)/t44-,45+,48-,49+,50+,51+,52?,54-,55-,61+,62-,63+/m0/s1. The Hall–Kier alpha value is -4.51. The first kappa shape index (κ1) is 65.0. The van der Waals surface area contributed by atoms with Gasteiger partial charge in [0.15, 0.2) is 60.8 Å². The average Bonchev–Trinajstić information content (AvgIpc) is 3.05. The van der Waals surface area contributed by atoms with Crippen LogP contribution in [0.3, 0.4) is 0 Å². The van der Waals surface area contributed by atoms with Crippen molar-refractivity contribution in [2.45, 2.75) is 250 Å². The maximum Gasteiger partial charge on any atom is 0.509 e. The molecule has 2 aromatic carbocycles. The van der Waals surface area contributed by atoms with Gasteiger partial charge >= 0.3 is 24.1 Å². The van der Waals surface area contributed by atoms with Gasteiger partial charge in [-0.2, -0.15) is 0 Å². The molecule has 2 bridgehead atoms. The number of esters is 3. The predicted molar refractivity (Wildman–Crippen MR) is 319 cm³/mol. The van der Waals surface area contributed by atoms with Gasteiger partial charge in [-0.25, -0.2) is 14.4 Å². The Kier molecular flexibility index (Phi) is 19.7. The largest absolute Gasteiger partial charge is 0.509 e. The highest BCUT2D eigenvalue weighted by Gasteiger charge is 2.83. The van der Waals surface area contributed by atoms with Crippen LogP contribution in [0.1, 0.15) is 158 Å². The van der Waals surface area contributed by atoms with Crippen molar-refractivity contribution in [2.75, 3.05) is 6.61 Å². The first-order chi connectivity index (χ1) is 38.5. The zero-order valence-corrected chi connectivity index (χ0v) is 55.1. The number of fused-ring (bicyclic) bond motifs is 4. The third-order valence-electron chi connectivity index (χ3n) is 20.4. The molecule has 19 heteroatoms. The van der Waals surface area contributed by atoms with Gasteiger partial charge in [-0.3, -0.25) is 14.4 Å². The van der Waals surface area contributed by atoms with E-state index >= 15 is 14.4 Å². The number of hydrogen-bond donors (Lipinski definition) is 1. The van der Waals surface area contributed by atoms with Gasteiger partial charge in [0.2, 0.25) is 11.5 Å². The van der Waals surface area contributed by atoms with Crippen LogP contribution in [0, 0.1) is 16.7 Å². The Balaban J connectivity index is 1.59. The number of rotatable bonds is 24. The van der Waals surface area contributed by atoms with Crippen LogP contribution in [-0.2, 0) is 60.9 Å². The number of nitrogens with one attached hydrogen (secondary N) is 1. The summed E-state index contributed by atoms with van der Waals surface area (Å²) in [4.78, 5) is 91.8. The number of carbonyl (C=O) groups is 6. The summed E-state index contributed by atoms with van der Waals surface area (Å²) in [6.07, 6.45) is -7.94. The van der Waals surface area contributed by atoms with Crippen molar-refractivity contribution >= 4 is 60.7 Å². The van der Waals surface area contributed by atoms with E-state index in [4.69, 9.17) is 41.7 Å². The van der Waals surface area contributed by atoms with Gasteiger partial charge in [-0.1, -0.05) is 144 Å². The summed E-state index contributed by atoms with van der Waals surface area (Å²) < 4.78 is 63.2. The number of ketones is 1. The van der Waals surface area contributed by atoms with E-state index < -0.39 is 137 Å². The molecule has 0 aromatic heterocycles. The number of hydrogen-bond acceptors (Lipinski definition) is 15. The molecule has 2 aromatic rings. The monoisotopic (exact) mass is 1190 g/mol. The Morgan fingerprint density at radius 2 is 1.37 bits per heavy atom. The molecule has 4 fully saturated rings. The lowest BCUT2D eigenvalue weighted by Crippen LogP contribution is -2.84. The highest BCUT2D eigenvalue weighted by molar-refractivity contribution is 6.74. The van der Waals surface area contributed by atoms with E-state index in [1.54, 1.807) is 37.3 Å². The number of carbonyl (C=O) groups excluding carboxylic acids is 6. The minimum Gasteiger partial charge on any atom is -0.454 e. The first-order valence-electron chi connectivity index (χ1n) is 30.3. The van der Waals surface area contributed by atoms with Crippen LogP contribution in [0.5, 0.6) is 0 Å². The van der Waals surface area contributed by atoms with E-state index in [2.05, 4.69) is 74.6 Å². The van der Waals surface area contributed by atoms with Crippen molar-refractivity contribution in [1.82, 2.24) is 5.32 Å². The van der Waals surface area contributed by atoms with E-state index in [9.17, 15) is 14.4 Å². The number of benzene rings is 2.